The Morgan fingerprint density at radius 2 is 2.29 bits per heavy atom. The molecule has 0 aromatic rings. The molecule has 5 nitrogen and oxygen atoms in total. The Morgan fingerprint density at radius 1 is 1.50 bits per heavy atom. The van der Waals surface area contributed by atoms with Gasteiger partial charge in [-0.1, -0.05) is 13.3 Å². The summed E-state index contributed by atoms with van der Waals surface area (Å²) in [5, 5.41) is 8.81. The molecule has 2 unspecified atom stereocenters. The van der Waals surface area contributed by atoms with Gasteiger partial charge in [0.05, 0.1) is 5.69 Å². The number of rotatable bonds is 2. The quantitative estimate of drug-likeness (QED) is 0.589. The molecule has 0 saturated carbocycles. The van der Waals surface area contributed by atoms with E-state index in [4.69, 9.17) is 21.7 Å². The highest BCUT2D eigenvalue weighted by Gasteiger charge is 2.36. The highest BCUT2D eigenvalue weighted by Crippen LogP contribution is 2.17. The maximum Gasteiger partial charge on any atom is 0.420 e. The molecule has 0 radical (unpaired) electrons. The van der Waals surface area contributed by atoms with E-state index in [1.807, 2.05) is 6.55 Å². The predicted molar refractivity (Wildman–Crippen MR) is 60.9 cm³/mol. The van der Waals surface area contributed by atoms with Gasteiger partial charge in [-0.2, -0.15) is 0 Å². The third-order valence-electron chi connectivity index (χ3n) is 1.92. The van der Waals surface area contributed by atoms with Crippen LogP contribution in [0.2, 0.25) is 12.6 Å². The Balaban J connectivity index is 2.58. The highest BCUT2D eigenvalue weighted by molar-refractivity contribution is 6.79. The predicted octanol–water partition coefficient (Wildman–Crippen LogP) is -1.17. The number of nitriles is 1. The molecule has 1 rings (SSSR count). The summed E-state index contributed by atoms with van der Waals surface area (Å²) in [7, 11) is -6.18. The van der Waals surface area contributed by atoms with E-state index in [2.05, 4.69) is 12.6 Å². The van der Waals surface area contributed by atoms with Crippen LogP contribution in [-0.4, -0.2) is 37.9 Å². The maximum atomic E-state index is 8.81. The molecule has 0 N–H and O–H groups in total. The summed E-state index contributed by atoms with van der Waals surface area (Å²) in [6, 6.07) is 0.916. The topological polar surface area (TPSA) is 60.7 Å². The monoisotopic (exact) mass is 265 g/mol. The Bertz CT molecular complexity index is 224. The lowest BCUT2D eigenvalue weighted by molar-refractivity contribution is 0.300. The summed E-state index contributed by atoms with van der Waals surface area (Å²) in [4.78, 5) is 0. The van der Waals surface area contributed by atoms with Crippen molar-refractivity contribution in [3.8, 4) is 5.69 Å². The van der Waals surface area contributed by atoms with Crippen LogP contribution in [0.1, 0.15) is 13.3 Å². The molecule has 80 valence electrons. The van der Waals surface area contributed by atoms with Gasteiger partial charge in [0.1, 0.15) is 0 Å². The fraction of sp³-hybridized carbons (Fsp3) is 0.800. The lowest BCUT2D eigenvalue weighted by Crippen LogP contribution is -2.48. The van der Waals surface area contributed by atoms with E-state index in [0.717, 1.165) is 12.5 Å². The molecule has 0 aromatic heterocycles. The van der Waals surface area contributed by atoms with Crippen LogP contribution in [0.3, 0.4) is 0 Å². The van der Waals surface area contributed by atoms with Gasteiger partial charge in [0.25, 0.3) is 20.0 Å². The Morgan fingerprint density at radius 3 is 2.93 bits per heavy atom. The van der Waals surface area contributed by atoms with Gasteiger partial charge < -0.3 is 16.5 Å². The van der Waals surface area contributed by atoms with Crippen molar-refractivity contribution in [2.75, 3.05) is 0 Å². The second-order valence-electron chi connectivity index (χ2n) is 3.21. The van der Waals surface area contributed by atoms with Gasteiger partial charge in [-0.25, -0.2) is 5.26 Å². The zero-order valence-corrected chi connectivity index (χ0v) is 13.5. The Kier molecular flexibility index (Phi) is 5.20. The standard InChI is InChI=1S/C5H15NO4Si4/c1-3-4-14(2)9-12-7-11-8-13(5-6)10-14/h13H,3-4,11-12H2,1-2H3. The SMILES string of the molecule is CCC[Si]1(C)O[SiH2]O[SiH2]O[SiH](C#N)O1. The minimum Gasteiger partial charge on any atom is -0.425 e. The molecule has 1 aliphatic heterocycles. The number of hydrogen-bond donors (Lipinski definition) is 0. The molecule has 1 aliphatic rings. The van der Waals surface area contributed by atoms with Crippen molar-refractivity contribution in [3.63, 3.8) is 0 Å². The van der Waals surface area contributed by atoms with Crippen molar-refractivity contribution in [2.45, 2.75) is 25.9 Å². The second-order valence-corrected chi connectivity index (χ2v) is 12.4. The third kappa shape index (κ3) is 3.75. The van der Waals surface area contributed by atoms with Crippen LogP contribution in [0.15, 0.2) is 0 Å². The van der Waals surface area contributed by atoms with Crippen molar-refractivity contribution in [2.24, 2.45) is 0 Å². The number of hydrogen-bond acceptors (Lipinski definition) is 5. The summed E-state index contributed by atoms with van der Waals surface area (Å²) < 4.78 is 22.1. The Hall–Kier alpha value is 0.198. The van der Waals surface area contributed by atoms with Crippen LogP contribution < -0.4 is 0 Å². The third-order valence-corrected chi connectivity index (χ3v) is 12.4. The molecule has 2 atom stereocenters. The summed E-state index contributed by atoms with van der Waals surface area (Å²) in [5.41, 5.74) is 2.10. The highest BCUT2D eigenvalue weighted by atomic mass is 28.5. The molecule has 1 fully saturated rings. The summed E-state index contributed by atoms with van der Waals surface area (Å²) in [6.45, 7) is 4.09. The van der Waals surface area contributed by atoms with Gasteiger partial charge in [0, 0.05) is 0 Å². The van der Waals surface area contributed by atoms with E-state index in [0.29, 0.717) is 0 Å². The minimum absolute atomic E-state index is 0.916. The molecule has 1 saturated heterocycles. The molecule has 14 heavy (non-hydrogen) atoms. The largest absolute Gasteiger partial charge is 0.425 e. The number of nitrogens with zero attached hydrogens (tertiary/aromatic N) is 1. The van der Waals surface area contributed by atoms with Crippen LogP contribution in [-0.2, 0) is 16.5 Å². The molecule has 0 amide bonds. The molecule has 0 aromatic carbocycles. The first-order valence-electron chi connectivity index (χ1n) is 4.61. The first kappa shape index (κ1) is 12.3. The summed E-state index contributed by atoms with van der Waals surface area (Å²) >= 11 is 0. The zero-order valence-electron chi connectivity index (χ0n) is 8.49. The second kappa shape index (κ2) is 5.93. The van der Waals surface area contributed by atoms with Crippen molar-refractivity contribution < 1.29 is 16.5 Å². The van der Waals surface area contributed by atoms with E-state index in [1.54, 1.807) is 0 Å². The van der Waals surface area contributed by atoms with E-state index < -0.39 is 37.9 Å². The van der Waals surface area contributed by atoms with E-state index in [1.165, 1.54) is 0 Å². The van der Waals surface area contributed by atoms with Crippen molar-refractivity contribution in [1.29, 1.82) is 5.26 Å². The van der Waals surface area contributed by atoms with Crippen LogP contribution in [0.25, 0.3) is 0 Å². The van der Waals surface area contributed by atoms with Gasteiger partial charge in [0.15, 0.2) is 0 Å². The molecule has 0 aliphatic carbocycles. The van der Waals surface area contributed by atoms with Gasteiger partial charge in [0.2, 0.25) is 0 Å². The van der Waals surface area contributed by atoms with Gasteiger partial charge in [-0.05, 0) is 12.6 Å². The lowest BCUT2D eigenvalue weighted by atomic mass is 10.6. The minimum atomic E-state index is -2.13. The van der Waals surface area contributed by atoms with Crippen LogP contribution in [0, 0.1) is 11.0 Å². The first-order chi connectivity index (χ1) is 6.70. The molecule has 0 spiro atoms. The smallest absolute Gasteiger partial charge is 0.420 e. The zero-order chi connectivity index (χ0) is 10.4. The summed E-state index contributed by atoms with van der Waals surface area (Å²) in [5.74, 6) is 0. The van der Waals surface area contributed by atoms with Gasteiger partial charge in [-0.3, -0.25) is 0 Å². The van der Waals surface area contributed by atoms with Crippen LogP contribution in [0.4, 0.5) is 0 Å². The van der Waals surface area contributed by atoms with E-state index in [-0.39, 0.29) is 0 Å². The van der Waals surface area contributed by atoms with E-state index >= 15 is 0 Å². The Labute approximate surface area is 91.5 Å². The van der Waals surface area contributed by atoms with Crippen LogP contribution >= 0.6 is 0 Å². The molecular formula is C5H15NO4Si4. The normalized spacial score (nSPS) is 37.6. The van der Waals surface area contributed by atoms with Gasteiger partial charge in [-0.15, -0.1) is 0 Å². The molecule has 0 bridgehead atoms. The van der Waals surface area contributed by atoms with Crippen molar-refractivity contribution in [3.05, 3.63) is 0 Å². The summed E-state index contributed by atoms with van der Waals surface area (Å²) in [6.07, 6.45) is 1.01. The fourth-order valence-electron chi connectivity index (χ4n) is 1.25. The average molecular weight is 266 g/mol. The van der Waals surface area contributed by atoms with Crippen molar-refractivity contribution in [1.82, 2.24) is 0 Å². The van der Waals surface area contributed by atoms with Crippen molar-refractivity contribution >= 4 is 37.9 Å². The molecule has 1 heterocycles. The van der Waals surface area contributed by atoms with Crippen LogP contribution in [0.5, 0.6) is 0 Å². The first-order valence-corrected chi connectivity index (χ1v) is 11.0. The lowest BCUT2D eigenvalue weighted by Gasteiger charge is -2.31. The average Bonchev–Trinajstić information content (AvgIpc) is 2.12. The van der Waals surface area contributed by atoms with E-state index in [9.17, 15) is 0 Å². The fourth-order valence-corrected chi connectivity index (χ4v) is 11.4. The maximum absolute atomic E-state index is 8.81. The van der Waals surface area contributed by atoms with Gasteiger partial charge >= 0.3 is 17.8 Å². The molecular weight excluding hydrogens is 250 g/mol. The molecule has 9 heteroatoms.